The second-order valence-corrected chi connectivity index (χ2v) is 5.11. The molecule has 1 aliphatic carbocycles. The highest BCUT2D eigenvalue weighted by Crippen LogP contribution is 2.45. The monoisotopic (exact) mass is 320 g/mol. The molecule has 0 unspecified atom stereocenters. The van der Waals surface area contributed by atoms with Crippen molar-refractivity contribution in [3.05, 3.63) is 23.3 Å². The fraction of sp³-hybridized carbons (Fsp3) is 0.500. The Morgan fingerprint density at radius 2 is 1.82 bits per heavy atom. The number of carbonyl (C=O) groups is 1. The molecule has 1 saturated carbocycles. The first kappa shape index (κ1) is 14.8. The van der Waals surface area contributed by atoms with Crippen molar-refractivity contribution in [2.75, 3.05) is 0 Å². The Morgan fingerprint density at radius 1 is 1.14 bits per heavy atom. The van der Waals surface area contributed by atoms with Gasteiger partial charge in [0.2, 0.25) is 5.91 Å². The summed E-state index contributed by atoms with van der Waals surface area (Å²) in [5.74, 6) is -5.87. The van der Waals surface area contributed by atoms with Gasteiger partial charge < -0.3 is 0 Å². The Balaban J connectivity index is 2.07. The molecule has 2 aliphatic rings. The van der Waals surface area contributed by atoms with E-state index in [1.165, 1.54) is 0 Å². The van der Waals surface area contributed by atoms with Crippen LogP contribution in [0.4, 0.5) is 22.0 Å². The van der Waals surface area contributed by atoms with Gasteiger partial charge in [-0.3, -0.25) is 4.79 Å². The lowest BCUT2D eigenvalue weighted by molar-refractivity contribution is -0.291. The average Bonchev–Trinajstić information content (AvgIpc) is 3.19. The molecule has 2 heterocycles. The molecule has 118 valence electrons. The highest BCUT2D eigenvalue weighted by atomic mass is 19.4. The summed E-state index contributed by atoms with van der Waals surface area (Å²) in [7, 11) is 0. The van der Waals surface area contributed by atoms with Gasteiger partial charge in [-0.25, -0.2) is 15.4 Å². The van der Waals surface area contributed by atoms with Crippen molar-refractivity contribution < 1.29 is 26.7 Å². The van der Waals surface area contributed by atoms with Crippen molar-refractivity contribution in [3.8, 4) is 0 Å². The molecule has 1 aromatic rings. The third-order valence-electron chi connectivity index (χ3n) is 3.30. The number of nitrogens with zero attached hydrogens (tertiary/aromatic N) is 3. The summed E-state index contributed by atoms with van der Waals surface area (Å²) >= 11 is 0. The minimum Gasteiger partial charge on any atom is -0.273 e. The predicted molar refractivity (Wildman–Crippen MR) is 63.3 cm³/mol. The lowest BCUT2D eigenvalue weighted by Crippen LogP contribution is -2.35. The third kappa shape index (κ3) is 2.53. The van der Waals surface area contributed by atoms with Crippen LogP contribution in [0.1, 0.15) is 42.4 Å². The summed E-state index contributed by atoms with van der Waals surface area (Å²) in [6.07, 6.45) is -4.72. The van der Waals surface area contributed by atoms with Crippen LogP contribution in [0.5, 0.6) is 0 Å². The van der Waals surface area contributed by atoms with Gasteiger partial charge in [-0.15, -0.1) is 0 Å². The average molecular weight is 320 g/mol. The van der Waals surface area contributed by atoms with Crippen LogP contribution in [0.15, 0.2) is 11.2 Å². The summed E-state index contributed by atoms with van der Waals surface area (Å²) in [5, 5.41) is 3.59. The Hall–Kier alpha value is -2.13. The van der Waals surface area contributed by atoms with E-state index in [9.17, 15) is 26.7 Å². The number of halogens is 5. The molecule has 10 heteroatoms. The zero-order valence-corrected chi connectivity index (χ0v) is 10.9. The largest absolute Gasteiger partial charge is 0.459 e. The van der Waals surface area contributed by atoms with Gasteiger partial charge in [0, 0.05) is 5.92 Å². The quantitative estimate of drug-likeness (QED) is 0.869. The van der Waals surface area contributed by atoms with Crippen LogP contribution in [0.2, 0.25) is 0 Å². The summed E-state index contributed by atoms with van der Waals surface area (Å²) in [5.41, 5.74) is 0.513. The molecule has 0 spiro atoms. The van der Waals surface area contributed by atoms with Gasteiger partial charge in [-0.05, 0) is 18.9 Å². The normalized spacial score (nSPS) is 19.1. The van der Waals surface area contributed by atoms with Crippen LogP contribution in [0, 0.1) is 0 Å². The van der Waals surface area contributed by atoms with Gasteiger partial charge in [-0.1, -0.05) is 0 Å². The maximum Gasteiger partial charge on any atom is 0.459 e. The zero-order valence-electron chi connectivity index (χ0n) is 10.9. The minimum atomic E-state index is -5.76. The molecule has 3 rings (SSSR count). The molecule has 1 aliphatic heterocycles. The van der Waals surface area contributed by atoms with Crippen LogP contribution in [-0.2, 0) is 10.7 Å². The second-order valence-electron chi connectivity index (χ2n) is 5.11. The Bertz CT molecular complexity index is 666. The van der Waals surface area contributed by atoms with Gasteiger partial charge in [0.15, 0.2) is 0 Å². The summed E-state index contributed by atoms with van der Waals surface area (Å²) < 4.78 is 64.7. The predicted octanol–water partition coefficient (Wildman–Crippen LogP) is 2.23. The number of hydrazone groups is 1. The lowest BCUT2D eigenvalue weighted by atomic mass is 10.1. The molecular formula is C12H9F5N4O. The Labute approximate surface area is 120 Å². The molecule has 1 aromatic heterocycles. The van der Waals surface area contributed by atoms with E-state index in [4.69, 9.17) is 0 Å². The van der Waals surface area contributed by atoms with E-state index in [-0.39, 0.29) is 29.6 Å². The van der Waals surface area contributed by atoms with Crippen molar-refractivity contribution in [2.45, 2.75) is 37.3 Å². The van der Waals surface area contributed by atoms with Crippen LogP contribution < -0.4 is 5.43 Å². The Morgan fingerprint density at radius 3 is 2.32 bits per heavy atom. The van der Waals surface area contributed by atoms with Crippen molar-refractivity contribution >= 4 is 11.6 Å². The second kappa shape index (κ2) is 4.68. The first-order valence-electron chi connectivity index (χ1n) is 6.38. The number of nitrogens with one attached hydrogen (secondary N) is 1. The summed E-state index contributed by atoms with van der Waals surface area (Å²) in [6.45, 7) is 0. The highest BCUT2D eigenvalue weighted by molar-refractivity contribution is 6.12. The molecule has 1 amide bonds. The van der Waals surface area contributed by atoms with Crippen molar-refractivity contribution in [3.63, 3.8) is 0 Å². The zero-order chi connectivity index (χ0) is 16.1. The molecule has 0 radical (unpaired) electrons. The van der Waals surface area contributed by atoms with Gasteiger partial charge in [0.05, 0.1) is 17.8 Å². The minimum absolute atomic E-state index is 0.0218. The fourth-order valence-corrected chi connectivity index (χ4v) is 1.95. The van der Waals surface area contributed by atoms with Gasteiger partial charge in [-0.2, -0.15) is 27.1 Å². The molecule has 1 fully saturated rings. The van der Waals surface area contributed by atoms with E-state index in [0.717, 1.165) is 0 Å². The molecule has 0 aromatic carbocycles. The van der Waals surface area contributed by atoms with E-state index in [1.807, 2.05) is 0 Å². The van der Waals surface area contributed by atoms with Crippen molar-refractivity contribution in [1.82, 2.24) is 15.4 Å². The molecule has 0 atom stereocenters. The van der Waals surface area contributed by atoms with Gasteiger partial charge in [0.25, 0.3) is 0 Å². The number of rotatable bonds is 3. The van der Waals surface area contributed by atoms with Crippen LogP contribution in [0.25, 0.3) is 0 Å². The molecule has 0 saturated heterocycles. The standard InChI is InChI=1S/C12H9F5N4O/c13-11(14,12(15,16)17)8-3-6(7-4-9(22)21-20-7)18-10(19-8)5-1-2-5/h3,5H,1-2,4H2,(H,21,22). The molecular weight excluding hydrogens is 311 g/mol. The van der Waals surface area contributed by atoms with Crippen LogP contribution >= 0.6 is 0 Å². The molecule has 5 nitrogen and oxygen atoms in total. The number of alkyl halides is 5. The first-order valence-corrected chi connectivity index (χ1v) is 6.38. The number of hydrogen-bond acceptors (Lipinski definition) is 4. The van der Waals surface area contributed by atoms with Crippen LogP contribution in [-0.4, -0.2) is 27.8 Å². The molecule has 1 N–H and O–H groups in total. The van der Waals surface area contributed by atoms with Crippen LogP contribution in [0.3, 0.4) is 0 Å². The Kier molecular flexibility index (Phi) is 3.15. The van der Waals surface area contributed by atoms with E-state index in [2.05, 4.69) is 20.5 Å². The third-order valence-corrected chi connectivity index (χ3v) is 3.30. The maximum absolute atomic E-state index is 13.5. The topological polar surface area (TPSA) is 67.2 Å². The fourth-order valence-electron chi connectivity index (χ4n) is 1.95. The van der Waals surface area contributed by atoms with Crippen molar-refractivity contribution in [1.29, 1.82) is 0 Å². The molecule has 0 bridgehead atoms. The van der Waals surface area contributed by atoms with E-state index >= 15 is 0 Å². The number of hydrogen-bond donors (Lipinski definition) is 1. The van der Waals surface area contributed by atoms with E-state index < -0.39 is 23.7 Å². The SMILES string of the molecule is O=C1CC(c2cc(C(F)(F)C(F)(F)F)nc(C3CC3)n2)=NN1. The number of carbonyl (C=O) groups excluding carboxylic acids is 1. The van der Waals surface area contributed by atoms with E-state index in [0.29, 0.717) is 18.9 Å². The van der Waals surface area contributed by atoms with E-state index in [1.54, 1.807) is 0 Å². The van der Waals surface area contributed by atoms with Crippen molar-refractivity contribution in [2.24, 2.45) is 5.10 Å². The smallest absolute Gasteiger partial charge is 0.273 e. The number of amides is 1. The highest BCUT2D eigenvalue weighted by Gasteiger charge is 2.60. The number of aromatic nitrogens is 2. The summed E-state index contributed by atoms with van der Waals surface area (Å²) in [4.78, 5) is 18.5. The maximum atomic E-state index is 13.5. The van der Waals surface area contributed by atoms with Gasteiger partial charge in [0.1, 0.15) is 11.5 Å². The van der Waals surface area contributed by atoms with Gasteiger partial charge >= 0.3 is 12.1 Å². The summed E-state index contributed by atoms with van der Waals surface area (Å²) in [6, 6.07) is 0.540. The first-order chi connectivity index (χ1) is 10.2. The molecule has 22 heavy (non-hydrogen) atoms. The lowest BCUT2D eigenvalue weighted by Gasteiger charge is -2.20.